The fourth-order valence-corrected chi connectivity index (χ4v) is 5.67. The number of hydrogen-bond donors (Lipinski definition) is 0. The lowest BCUT2D eigenvalue weighted by atomic mass is 9.83. The van der Waals surface area contributed by atoms with E-state index >= 15 is 0 Å². The van der Waals surface area contributed by atoms with Gasteiger partial charge < -0.3 is 4.90 Å². The summed E-state index contributed by atoms with van der Waals surface area (Å²) in [5, 5.41) is 0. The van der Waals surface area contributed by atoms with Crippen LogP contribution >= 0.6 is 11.8 Å². The molecule has 1 aliphatic carbocycles. The molecule has 5 rings (SSSR count). The average Bonchev–Trinajstić information content (AvgIpc) is 2.82. The van der Waals surface area contributed by atoms with Crippen molar-refractivity contribution in [3.8, 4) is 0 Å². The highest BCUT2D eigenvalue weighted by Crippen LogP contribution is 2.40. The average molecular weight is 456 g/mol. The van der Waals surface area contributed by atoms with Crippen molar-refractivity contribution in [2.45, 2.75) is 55.2 Å². The first-order valence-corrected chi connectivity index (χ1v) is 12.5. The molecule has 1 saturated heterocycles. The zero-order chi connectivity index (χ0) is 23.2. The second kappa shape index (κ2) is 8.49. The van der Waals surface area contributed by atoms with Gasteiger partial charge in [-0.25, -0.2) is 0 Å². The number of benzene rings is 3. The maximum absolute atomic E-state index is 13.5. The van der Waals surface area contributed by atoms with Crippen LogP contribution in [0.15, 0.2) is 70.5 Å². The second-order valence-corrected chi connectivity index (χ2v) is 11.1. The largest absolute Gasteiger partial charge is 0.371 e. The first kappa shape index (κ1) is 22.0. The molecule has 3 nitrogen and oxygen atoms in total. The Morgan fingerprint density at radius 2 is 1.36 bits per heavy atom. The van der Waals surface area contributed by atoms with Gasteiger partial charge in [-0.2, -0.15) is 0 Å². The molecule has 33 heavy (non-hydrogen) atoms. The topological polar surface area (TPSA) is 37.4 Å². The minimum atomic E-state index is -0.0519. The lowest BCUT2D eigenvalue weighted by molar-refractivity contribution is 0.0979. The van der Waals surface area contributed by atoms with Crippen LogP contribution in [-0.2, 0) is 5.41 Å². The van der Waals surface area contributed by atoms with Gasteiger partial charge in [0, 0.05) is 45.3 Å². The molecule has 1 aliphatic heterocycles. The summed E-state index contributed by atoms with van der Waals surface area (Å²) in [5.41, 5.74) is 4.46. The molecule has 1 fully saturated rings. The molecule has 0 N–H and O–H groups in total. The van der Waals surface area contributed by atoms with Crippen molar-refractivity contribution in [2.24, 2.45) is 0 Å². The zero-order valence-corrected chi connectivity index (χ0v) is 20.3. The minimum Gasteiger partial charge on any atom is -0.371 e. The van der Waals surface area contributed by atoms with Gasteiger partial charge in [0.25, 0.3) is 0 Å². The standard InChI is InChI=1S/C29H29NO2S/c1-29(2,3)19-11-13-20(14-12-19)33-21-17-24-26(25(18-21)30-15-7-4-8-16-30)28(32)23-10-6-5-9-22(23)27(24)31/h5-6,9-14,17-18H,4,7-8,15-16H2,1-3H3. The highest BCUT2D eigenvalue weighted by Gasteiger charge is 2.33. The number of carbonyl (C=O) groups is 2. The van der Waals surface area contributed by atoms with Crippen LogP contribution in [0.2, 0.25) is 0 Å². The van der Waals surface area contributed by atoms with Gasteiger partial charge in [-0.15, -0.1) is 0 Å². The molecule has 0 unspecified atom stereocenters. The predicted molar refractivity (Wildman–Crippen MR) is 135 cm³/mol. The van der Waals surface area contributed by atoms with Gasteiger partial charge in [0.1, 0.15) is 0 Å². The molecule has 0 bridgehead atoms. The first-order valence-electron chi connectivity index (χ1n) is 11.7. The normalized spacial score (nSPS) is 15.9. The van der Waals surface area contributed by atoms with Gasteiger partial charge in [-0.05, 0) is 54.5 Å². The van der Waals surface area contributed by atoms with Crippen molar-refractivity contribution < 1.29 is 9.59 Å². The third-order valence-corrected chi connectivity index (χ3v) is 7.61. The first-order chi connectivity index (χ1) is 15.8. The number of fused-ring (bicyclic) bond motifs is 2. The summed E-state index contributed by atoms with van der Waals surface area (Å²) in [4.78, 5) is 31.4. The number of piperidine rings is 1. The van der Waals surface area contributed by atoms with Crippen LogP contribution in [0, 0.1) is 0 Å². The molecule has 4 heteroatoms. The number of nitrogens with zero attached hydrogens (tertiary/aromatic N) is 1. The third-order valence-electron chi connectivity index (χ3n) is 6.63. The van der Waals surface area contributed by atoms with Crippen LogP contribution in [0.25, 0.3) is 0 Å². The van der Waals surface area contributed by atoms with Crippen LogP contribution in [0.3, 0.4) is 0 Å². The monoisotopic (exact) mass is 455 g/mol. The van der Waals surface area contributed by atoms with E-state index in [-0.39, 0.29) is 17.0 Å². The van der Waals surface area contributed by atoms with E-state index in [2.05, 4.69) is 56.0 Å². The fourth-order valence-electron chi connectivity index (χ4n) is 4.78. The molecule has 0 aromatic heterocycles. The fraction of sp³-hybridized carbons (Fsp3) is 0.310. The van der Waals surface area contributed by atoms with E-state index < -0.39 is 0 Å². The summed E-state index contributed by atoms with van der Waals surface area (Å²) in [5.74, 6) is -0.0872. The van der Waals surface area contributed by atoms with E-state index in [4.69, 9.17) is 0 Å². The Morgan fingerprint density at radius 1 is 0.727 bits per heavy atom. The number of rotatable bonds is 3. The van der Waals surface area contributed by atoms with Crippen molar-refractivity contribution in [3.63, 3.8) is 0 Å². The second-order valence-electron chi connectivity index (χ2n) is 9.99. The third kappa shape index (κ3) is 4.13. The van der Waals surface area contributed by atoms with Gasteiger partial charge in [0.15, 0.2) is 11.6 Å². The number of ketones is 2. The van der Waals surface area contributed by atoms with E-state index in [9.17, 15) is 9.59 Å². The van der Waals surface area contributed by atoms with Gasteiger partial charge in [-0.1, -0.05) is 68.9 Å². The van der Waals surface area contributed by atoms with Crippen molar-refractivity contribution in [1.82, 2.24) is 0 Å². The van der Waals surface area contributed by atoms with E-state index in [1.165, 1.54) is 12.0 Å². The molecular weight excluding hydrogens is 426 g/mol. The maximum Gasteiger partial charge on any atom is 0.196 e. The Labute approximate surface area is 200 Å². The summed E-state index contributed by atoms with van der Waals surface area (Å²) >= 11 is 1.65. The number of anilines is 1. The van der Waals surface area contributed by atoms with E-state index in [1.807, 2.05) is 18.2 Å². The minimum absolute atomic E-state index is 0.0353. The summed E-state index contributed by atoms with van der Waals surface area (Å²) in [6, 6.07) is 19.9. The highest BCUT2D eigenvalue weighted by molar-refractivity contribution is 7.99. The van der Waals surface area contributed by atoms with Crippen LogP contribution in [-0.4, -0.2) is 24.7 Å². The SMILES string of the molecule is CC(C)(C)c1ccc(Sc2cc3c(c(N4CCCCC4)c2)C(=O)c2ccccc2C3=O)cc1. The van der Waals surface area contributed by atoms with Crippen LogP contribution in [0.1, 0.15) is 77.4 Å². The van der Waals surface area contributed by atoms with E-state index in [0.717, 1.165) is 41.4 Å². The Morgan fingerprint density at radius 3 is 2.00 bits per heavy atom. The van der Waals surface area contributed by atoms with Crippen LogP contribution in [0.4, 0.5) is 5.69 Å². The van der Waals surface area contributed by atoms with Crippen molar-refractivity contribution in [2.75, 3.05) is 18.0 Å². The lowest BCUT2D eigenvalue weighted by Gasteiger charge is -2.32. The molecule has 168 valence electrons. The molecule has 0 amide bonds. The smallest absolute Gasteiger partial charge is 0.196 e. The van der Waals surface area contributed by atoms with Gasteiger partial charge in [0.05, 0.1) is 5.56 Å². The maximum atomic E-state index is 13.5. The van der Waals surface area contributed by atoms with Gasteiger partial charge in [0.2, 0.25) is 0 Å². The predicted octanol–water partition coefficient (Wildman–Crippen LogP) is 6.90. The van der Waals surface area contributed by atoms with Crippen LogP contribution in [0.5, 0.6) is 0 Å². The Kier molecular flexibility index (Phi) is 5.65. The molecule has 0 spiro atoms. The number of carbonyl (C=O) groups excluding carboxylic acids is 2. The Bertz CT molecular complexity index is 1230. The summed E-state index contributed by atoms with van der Waals surface area (Å²) in [7, 11) is 0. The molecule has 3 aromatic rings. The highest BCUT2D eigenvalue weighted by atomic mass is 32.2. The molecule has 0 saturated carbocycles. The quantitative estimate of drug-likeness (QED) is 0.337. The summed E-state index contributed by atoms with van der Waals surface area (Å²) in [6.45, 7) is 8.48. The lowest BCUT2D eigenvalue weighted by Crippen LogP contribution is -2.33. The molecular formula is C29H29NO2S. The molecule has 2 aliphatic rings. The van der Waals surface area contributed by atoms with Crippen molar-refractivity contribution in [3.05, 3.63) is 88.5 Å². The Hall–Kier alpha value is -2.85. The number of hydrogen-bond acceptors (Lipinski definition) is 4. The zero-order valence-electron chi connectivity index (χ0n) is 19.5. The molecule has 0 radical (unpaired) electrons. The molecule has 1 heterocycles. The van der Waals surface area contributed by atoms with E-state index in [0.29, 0.717) is 22.3 Å². The summed E-state index contributed by atoms with van der Waals surface area (Å²) < 4.78 is 0. The van der Waals surface area contributed by atoms with Gasteiger partial charge in [-0.3, -0.25) is 9.59 Å². The van der Waals surface area contributed by atoms with Crippen molar-refractivity contribution >= 4 is 29.0 Å². The molecule has 3 aromatic carbocycles. The van der Waals surface area contributed by atoms with E-state index in [1.54, 1.807) is 23.9 Å². The van der Waals surface area contributed by atoms with Gasteiger partial charge >= 0.3 is 0 Å². The Balaban J connectivity index is 1.59. The summed E-state index contributed by atoms with van der Waals surface area (Å²) in [6.07, 6.45) is 3.43. The van der Waals surface area contributed by atoms with Crippen LogP contribution < -0.4 is 4.90 Å². The molecule has 0 atom stereocenters. The van der Waals surface area contributed by atoms with Crippen molar-refractivity contribution in [1.29, 1.82) is 0 Å².